The Morgan fingerprint density at radius 3 is 2.80 bits per heavy atom. The quantitative estimate of drug-likeness (QED) is 0.701. The van der Waals surface area contributed by atoms with Crippen molar-refractivity contribution in [2.75, 3.05) is 20.2 Å². The third kappa shape index (κ3) is 3.47. The Hall–Kier alpha value is -0.610. The van der Waals surface area contributed by atoms with Gasteiger partial charge in [0.05, 0.1) is 0 Å². The van der Waals surface area contributed by atoms with Crippen molar-refractivity contribution in [2.24, 2.45) is 17.6 Å². The van der Waals surface area contributed by atoms with Crippen LogP contribution < -0.4 is 11.1 Å². The highest BCUT2D eigenvalue weighted by molar-refractivity contribution is 5.80. The number of carbonyl (C=O) groups is 1. The molecule has 3 unspecified atom stereocenters. The SMILES string of the molecule is COC(CN)C(=O)NCC1CCCC1C. The van der Waals surface area contributed by atoms with E-state index < -0.39 is 6.10 Å². The number of rotatable bonds is 5. The number of nitrogens with one attached hydrogen (secondary N) is 1. The molecule has 15 heavy (non-hydrogen) atoms. The average molecular weight is 214 g/mol. The molecule has 0 radical (unpaired) electrons. The Morgan fingerprint density at radius 2 is 2.33 bits per heavy atom. The van der Waals surface area contributed by atoms with E-state index in [1.54, 1.807) is 0 Å². The summed E-state index contributed by atoms with van der Waals surface area (Å²) in [5.41, 5.74) is 5.41. The topological polar surface area (TPSA) is 64.3 Å². The van der Waals surface area contributed by atoms with Crippen molar-refractivity contribution in [2.45, 2.75) is 32.3 Å². The smallest absolute Gasteiger partial charge is 0.250 e. The van der Waals surface area contributed by atoms with Crippen molar-refractivity contribution in [1.82, 2.24) is 5.32 Å². The average Bonchev–Trinajstić information content (AvgIpc) is 2.63. The van der Waals surface area contributed by atoms with Crippen molar-refractivity contribution in [1.29, 1.82) is 0 Å². The molecule has 3 atom stereocenters. The van der Waals surface area contributed by atoms with Crippen LogP contribution in [0.4, 0.5) is 0 Å². The van der Waals surface area contributed by atoms with Gasteiger partial charge in [0.2, 0.25) is 5.91 Å². The summed E-state index contributed by atoms with van der Waals surface area (Å²) in [7, 11) is 1.51. The van der Waals surface area contributed by atoms with Gasteiger partial charge in [0.25, 0.3) is 0 Å². The van der Waals surface area contributed by atoms with Crippen LogP contribution in [0.15, 0.2) is 0 Å². The van der Waals surface area contributed by atoms with Crippen LogP contribution in [-0.4, -0.2) is 32.2 Å². The molecular formula is C11H22N2O2. The van der Waals surface area contributed by atoms with E-state index in [-0.39, 0.29) is 12.5 Å². The molecule has 0 bridgehead atoms. The predicted molar refractivity (Wildman–Crippen MR) is 59.4 cm³/mol. The van der Waals surface area contributed by atoms with Crippen molar-refractivity contribution < 1.29 is 9.53 Å². The summed E-state index contributed by atoms with van der Waals surface area (Å²) in [4.78, 5) is 11.6. The largest absolute Gasteiger partial charge is 0.370 e. The highest BCUT2D eigenvalue weighted by atomic mass is 16.5. The van der Waals surface area contributed by atoms with Crippen LogP contribution in [0.2, 0.25) is 0 Å². The van der Waals surface area contributed by atoms with Gasteiger partial charge in [-0.2, -0.15) is 0 Å². The van der Waals surface area contributed by atoms with Gasteiger partial charge in [-0.25, -0.2) is 0 Å². The van der Waals surface area contributed by atoms with Gasteiger partial charge in [-0.3, -0.25) is 4.79 Å². The van der Waals surface area contributed by atoms with Gasteiger partial charge in [0.1, 0.15) is 6.10 Å². The lowest BCUT2D eigenvalue weighted by Gasteiger charge is -2.18. The van der Waals surface area contributed by atoms with E-state index in [1.807, 2.05) is 0 Å². The van der Waals surface area contributed by atoms with Crippen LogP contribution in [-0.2, 0) is 9.53 Å². The molecule has 0 aliphatic heterocycles. The van der Waals surface area contributed by atoms with E-state index in [0.29, 0.717) is 5.92 Å². The number of nitrogens with two attached hydrogens (primary N) is 1. The summed E-state index contributed by atoms with van der Waals surface area (Å²) in [6.07, 6.45) is 3.29. The molecule has 0 heterocycles. The Morgan fingerprint density at radius 1 is 1.60 bits per heavy atom. The molecule has 1 aliphatic carbocycles. The van der Waals surface area contributed by atoms with Crippen molar-refractivity contribution >= 4 is 5.91 Å². The number of amides is 1. The van der Waals surface area contributed by atoms with Crippen molar-refractivity contribution in [3.8, 4) is 0 Å². The zero-order valence-corrected chi connectivity index (χ0v) is 9.66. The number of hydrogen-bond donors (Lipinski definition) is 2. The van der Waals surface area contributed by atoms with Gasteiger partial charge in [-0.1, -0.05) is 19.8 Å². The first kappa shape index (κ1) is 12.5. The number of carbonyl (C=O) groups excluding carboxylic acids is 1. The van der Waals surface area contributed by atoms with Crippen LogP contribution in [0.1, 0.15) is 26.2 Å². The molecule has 4 heteroatoms. The molecule has 1 aliphatic rings. The second-order valence-corrected chi connectivity index (χ2v) is 4.37. The first-order valence-electron chi connectivity index (χ1n) is 5.69. The van der Waals surface area contributed by atoms with Gasteiger partial charge in [-0.05, 0) is 18.3 Å². The fraction of sp³-hybridized carbons (Fsp3) is 0.909. The Bertz CT molecular complexity index is 205. The molecule has 0 aromatic rings. The summed E-state index contributed by atoms with van der Waals surface area (Å²) in [6, 6.07) is 0. The third-order valence-corrected chi connectivity index (χ3v) is 3.37. The summed E-state index contributed by atoms with van der Waals surface area (Å²) < 4.78 is 4.97. The van der Waals surface area contributed by atoms with Crippen molar-refractivity contribution in [3.63, 3.8) is 0 Å². The van der Waals surface area contributed by atoms with Crippen molar-refractivity contribution in [3.05, 3.63) is 0 Å². The normalized spacial score (nSPS) is 27.7. The van der Waals surface area contributed by atoms with Crippen LogP contribution in [0, 0.1) is 11.8 Å². The maximum absolute atomic E-state index is 11.6. The molecule has 0 aromatic heterocycles. The Balaban J connectivity index is 2.26. The number of hydrogen-bond acceptors (Lipinski definition) is 3. The maximum Gasteiger partial charge on any atom is 0.250 e. The molecule has 0 spiro atoms. The minimum Gasteiger partial charge on any atom is -0.370 e. The Kier molecular flexibility index (Phi) is 5.05. The fourth-order valence-electron chi connectivity index (χ4n) is 2.18. The van der Waals surface area contributed by atoms with E-state index >= 15 is 0 Å². The summed E-state index contributed by atoms with van der Waals surface area (Å²) in [6.45, 7) is 3.25. The minimum atomic E-state index is -0.498. The van der Waals surface area contributed by atoms with Gasteiger partial charge < -0.3 is 15.8 Å². The third-order valence-electron chi connectivity index (χ3n) is 3.37. The standard InChI is InChI=1S/C11H22N2O2/c1-8-4-3-5-9(8)7-13-11(14)10(6-12)15-2/h8-10H,3-7,12H2,1-2H3,(H,13,14). The van der Waals surface area contributed by atoms with Crippen LogP contribution >= 0.6 is 0 Å². The van der Waals surface area contributed by atoms with E-state index in [0.717, 1.165) is 12.5 Å². The predicted octanol–water partition coefficient (Wildman–Crippen LogP) is 0.513. The number of ether oxygens (including phenoxy) is 1. The summed E-state index contributed by atoms with van der Waals surface area (Å²) >= 11 is 0. The molecule has 1 saturated carbocycles. The van der Waals surface area contributed by atoms with Gasteiger partial charge in [0, 0.05) is 20.2 Å². The highest BCUT2D eigenvalue weighted by Gasteiger charge is 2.24. The highest BCUT2D eigenvalue weighted by Crippen LogP contribution is 2.30. The molecule has 3 N–H and O–H groups in total. The molecular weight excluding hydrogens is 192 g/mol. The second-order valence-electron chi connectivity index (χ2n) is 4.37. The maximum atomic E-state index is 11.6. The van der Waals surface area contributed by atoms with Gasteiger partial charge in [-0.15, -0.1) is 0 Å². The lowest BCUT2D eigenvalue weighted by molar-refractivity contribution is -0.130. The zero-order valence-electron chi connectivity index (χ0n) is 9.66. The molecule has 0 aromatic carbocycles. The number of methoxy groups -OCH3 is 1. The van der Waals surface area contributed by atoms with Gasteiger partial charge >= 0.3 is 0 Å². The van der Waals surface area contributed by atoms with E-state index in [9.17, 15) is 4.79 Å². The lowest BCUT2D eigenvalue weighted by Crippen LogP contribution is -2.42. The molecule has 0 saturated heterocycles. The zero-order chi connectivity index (χ0) is 11.3. The monoisotopic (exact) mass is 214 g/mol. The van der Waals surface area contributed by atoms with E-state index in [1.165, 1.54) is 26.4 Å². The molecule has 1 rings (SSSR count). The summed E-state index contributed by atoms with van der Waals surface area (Å²) in [5.74, 6) is 1.27. The first-order valence-corrected chi connectivity index (χ1v) is 5.69. The van der Waals surface area contributed by atoms with E-state index in [4.69, 9.17) is 10.5 Å². The first-order chi connectivity index (χ1) is 7.19. The minimum absolute atomic E-state index is 0.0842. The molecule has 4 nitrogen and oxygen atoms in total. The second kappa shape index (κ2) is 6.08. The molecule has 88 valence electrons. The van der Waals surface area contributed by atoms with Crippen LogP contribution in [0.5, 0.6) is 0 Å². The fourth-order valence-corrected chi connectivity index (χ4v) is 2.18. The molecule has 1 fully saturated rings. The van der Waals surface area contributed by atoms with E-state index in [2.05, 4.69) is 12.2 Å². The van der Waals surface area contributed by atoms with Crippen LogP contribution in [0.3, 0.4) is 0 Å². The lowest BCUT2D eigenvalue weighted by atomic mass is 9.98. The summed E-state index contributed by atoms with van der Waals surface area (Å²) in [5, 5.41) is 2.91. The molecule has 1 amide bonds. The van der Waals surface area contributed by atoms with Crippen LogP contribution in [0.25, 0.3) is 0 Å². The Labute approximate surface area is 91.5 Å². The van der Waals surface area contributed by atoms with Gasteiger partial charge in [0.15, 0.2) is 0 Å².